The molecule has 0 aromatic heterocycles. The highest BCUT2D eigenvalue weighted by Crippen LogP contribution is 2.38. The number of alkyl carbamates (subject to hydrolysis) is 1. The van der Waals surface area contributed by atoms with Crippen LogP contribution in [0.3, 0.4) is 0 Å². The van der Waals surface area contributed by atoms with Gasteiger partial charge in [-0.3, -0.25) is 0 Å². The Kier molecular flexibility index (Phi) is 5.35. The summed E-state index contributed by atoms with van der Waals surface area (Å²) in [6.07, 6.45) is 1.98. The Morgan fingerprint density at radius 3 is 2.84 bits per heavy atom. The Hall–Kier alpha value is -1.59. The number of fused-ring (bicyclic) bond motifs is 1. The molecular formula is C20H30N2O3. The summed E-state index contributed by atoms with van der Waals surface area (Å²) in [5.74, 6) is 0.372. The number of nitrogens with one attached hydrogen (secondary N) is 2. The normalized spacial score (nSPS) is 28.6. The van der Waals surface area contributed by atoms with Gasteiger partial charge in [0.25, 0.3) is 0 Å². The average molecular weight is 346 g/mol. The van der Waals surface area contributed by atoms with Crippen molar-refractivity contribution < 1.29 is 14.3 Å². The van der Waals surface area contributed by atoms with Crippen LogP contribution < -0.4 is 10.6 Å². The molecule has 2 N–H and O–H groups in total. The molecule has 2 aliphatic rings. The molecule has 2 fully saturated rings. The Balaban J connectivity index is 1.61. The summed E-state index contributed by atoms with van der Waals surface area (Å²) in [5.41, 5.74) is 2.01. The van der Waals surface area contributed by atoms with E-state index in [-0.39, 0.29) is 24.3 Å². The van der Waals surface area contributed by atoms with E-state index in [1.54, 1.807) is 0 Å². The number of carbonyl (C=O) groups is 1. The van der Waals surface area contributed by atoms with Gasteiger partial charge in [0.2, 0.25) is 0 Å². The monoisotopic (exact) mass is 346 g/mol. The summed E-state index contributed by atoms with van der Waals surface area (Å²) < 4.78 is 11.4. The third-order valence-corrected chi connectivity index (χ3v) is 4.92. The third kappa shape index (κ3) is 4.53. The maximum Gasteiger partial charge on any atom is 0.407 e. The fourth-order valence-corrected chi connectivity index (χ4v) is 3.85. The van der Waals surface area contributed by atoms with Crippen molar-refractivity contribution in [3.63, 3.8) is 0 Å². The van der Waals surface area contributed by atoms with Gasteiger partial charge in [0.05, 0.1) is 18.2 Å². The van der Waals surface area contributed by atoms with Crippen LogP contribution in [0.1, 0.15) is 44.7 Å². The number of ether oxygens (including phenoxy) is 2. The van der Waals surface area contributed by atoms with Gasteiger partial charge < -0.3 is 20.1 Å². The first-order valence-corrected chi connectivity index (χ1v) is 9.23. The van der Waals surface area contributed by atoms with Crippen molar-refractivity contribution in [3.05, 3.63) is 35.4 Å². The number of carbonyl (C=O) groups excluding carboxylic acids is 1. The molecular weight excluding hydrogens is 316 g/mol. The predicted octanol–water partition coefficient (Wildman–Crippen LogP) is 3.16. The van der Waals surface area contributed by atoms with Crippen LogP contribution in [0.15, 0.2) is 24.3 Å². The average Bonchev–Trinajstić information content (AvgIpc) is 2.51. The van der Waals surface area contributed by atoms with Gasteiger partial charge in [0.15, 0.2) is 0 Å². The van der Waals surface area contributed by atoms with Crippen molar-refractivity contribution in [2.24, 2.45) is 5.92 Å². The minimum Gasteiger partial charge on any atom is -0.444 e. The predicted molar refractivity (Wildman–Crippen MR) is 97.4 cm³/mol. The molecule has 1 aliphatic heterocycles. The molecule has 1 saturated carbocycles. The van der Waals surface area contributed by atoms with Crippen LogP contribution >= 0.6 is 0 Å². The van der Waals surface area contributed by atoms with Crippen LogP contribution in [0, 0.1) is 12.8 Å². The topological polar surface area (TPSA) is 59.6 Å². The van der Waals surface area contributed by atoms with E-state index in [4.69, 9.17) is 9.47 Å². The van der Waals surface area contributed by atoms with Gasteiger partial charge in [-0.25, -0.2) is 4.79 Å². The van der Waals surface area contributed by atoms with Crippen LogP contribution in [-0.2, 0) is 16.0 Å². The lowest BCUT2D eigenvalue weighted by Crippen LogP contribution is -2.73. The molecule has 5 nitrogen and oxygen atoms in total. The quantitative estimate of drug-likeness (QED) is 0.879. The summed E-state index contributed by atoms with van der Waals surface area (Å²) >= 11 is 0. The molecule has 138 valence electrons. The molecule has 1 heterocycles. The van der Waals surface area contributed by atoms with Gasteiger partial charge in [-0.1, -0.05) is 29.8 Å². The Morgan fingerprint density at radius 2 is 2.12 bits per heavy atom. The van der Waals surface area contributed by atoms with Crippen LogP contribution in [0.2, 0.25) is 0 Å². The Bertz CT molecular complexity index is 611. The lowest BCUT2D eigenvalue weighted by Gasteiger charge is -2.54. The molecule has 1 saturated heterocycles. The second-order valence-corrected chi connectivity index (χ2v) is 8.21. The summed E-state index contributed by atoms with van der Waals surface area (Å²) in [7, 11) is 0. The summed E-state index contributed by atoms with van der Waals surface area (Å²) in [5, 5.41) is 6.65. The van der Waals surface area contributed by atoms with E-state index >= 15 is 0 Å². The molecule has 1 amide bonds. The standard InChI is InChI=1S/C20H30N2O3/c1-13-7-5-8-14(11-13)12-21-17-16(15-9-6-10-24-18(15)17)22-19(23)25-20(2,3)4/h5,7-8,11,15-18,21H,6,9-10,12H2,1-4H3,(H,22,23). The molecule has 3 rings (SSSR count). The number of hydrogen-bond donors (Lipinski definition) is 2. The number of rotatable bonds is 4. The number of benzene rings is 1. The van der Waals surface area contributed by atoms with E-state index in [9.17, 15) is 4.79 Å². The van der Waals surface area contributed by atoms with Gasteiger partial charge in [0.1, 0.15) is 5.60 Å². The number of amides is 1. The zero-order chi connectivity index (χ0) is 18.0. The van der Waals surface area contributed by atoms with Crippen molar-refractivity contribution in [1.82, 2.24) is 10.6 Å². The van der Waals surface area contributed by atoms with Crippen LogP contribution in [-0.4, -0.2) is 36.5 Å². The second-order valence-electron chi connectivity index (χ2n) is 8.21. The van der Waals surface area contributed by atoms with Crippen LogP contribution in [0.4, 0.5) is 4.79 Å². The number of aryl methyl sites for hydroxylation is 1. The first-order chi connectivity index (χ1) is 11.8. The smallest absolute Gasteiger partial charge is 0.407 e. The lowest BCUT2D eigenvalue weighted by molar-refractivity contribution is -0.128. The van der Waals surface area contributed by atoms with Gasteiger partial charge in [-0.15, -0.1) is 0 Å². The highest BCUT2D eigenvalue weighted by molar-refractivity contribution is 5.68. The summed E-state index contributed by atoms with van der Waals surface area (Å²) in [6, 6.07) is 8.65. The molecule has 0 radical (unpaired) electrons. The van der Waals surface area contributed by atoms with E-state index in [0.717, 1.165) is 26.0 Å². The van der Waals surface area contributed by atoms with E-state index in [1.807, 2.05) is 20.8 Å². The van der Waals surface area contributed by atoms with Crippen molar-refractivity contribution >= 4 is 6.09 Å². The minimum atomic E-state index is -0.485. The summed E-state index contributed by atoms with van der Waals surface area (Å²) in [4.78, 5) is 12.2. The first kappa shape index (κ1) is 18.2. The van der Waals surface area contributed by atoms with E-state index in [2.05, 4.69) is 41.8 Å². The SMILES string of the molecule is Cc1cccc(CNC2C(NC(=O)OC(C)(C)C)C3CCCOC32)c1. The Labute approximate surface area is 150 Å². The maximum absolute atomic E-state index is 12.2. The van der Waals surface area contributed by atoms with E-state index < -0.39 is 5.60 Å². The zero-order valence-corrected chi connectivity index (χ0v) is 15.7. The number of hydrogen-bond acceptors (Lipinski definition) is 4. The molecule has 4 unspecified atom stereocenters. The first-order valence-electron chi connectivity index (χ1n) is 9.23. The van der Waals surface area contributed by atoms with Gasteiger partial charge in [-0.2, -0.15) is 0 Å². The molecule has 4 atom stereocenters. The van der Waals surface area contributed by atoms with E-state index in [0.29, 0.717) is 5.92 Å². The largest absolute Gasteiger partial charge is 0.444 e. The summed E-state index contributed by atoms with van der Waals surface area (Å²) in [6.45, 7) is 9.32. The van der Waals surface area contributed by atoms with Crippen molar-refractivity contribution in [3.8, 4) is 0 Å². The molecule has 1 aromatic rings. The van der Waals surface area contributed by atoms with Crippen molar-refractivity contribution in [2.45, 2.75) is 70.9 Å². The second kappa shape index (κ2) is 7.34. The van der Waals surface area contributed by atoms with Crippen LogP contribution in [0.25, 0.3) is 0 Å². The molecule has 5 heteroatoms. The molecule has 25 heavy (non-hydrogen) atoms. The highest BCUT2D eigenvalue weighted by Gasteiger charge is 2.53. The fraction of sp³-hybridized carbons (Fsp3) is 0.650. The molecule has 1 aliphatic carbocycles. The molecule has 0 bridgehead atoms. The Morgan fingerprint density at radius 1 is 1.32 bits per heavy atom. The van der Waals surface area contributed by atoms with E-state index in [1.165, 1.54) is 11.1 Å². The third-order valence-electron chi connectivity index (χ3n) is 4.92. The van der Waals surface area contributed by atoms with Gasteiger partial charge >= 0.3 is 6.09 Å². The molecule has 1 aromatic carbocycles. The fourth-order valence-electron chi connectivity index (χ4n) is 3.85. The van der Waals surface area contributed by atoms with Crippen LogP contribution in [0.5, 0.6) is 0 Å². The van der Waals surface area contributed by atoms with Crippen molar-refractivity contribution in [1.29, 1.82) is 0 Å². The highest BCUT2D eigenvalue weighted by atomic mass is 16.6. The zero-order valence-electron chi connectivity index (χ0n) is 15.7. The molecule has 0 spiro atoms. The van der Waals surface area contributed by atoms with Crippen molar-refractivity contribution in [2.75, 3.05) is 6.61 Å². The maximum atomic E-state index is 12.2. The lowest BCUT2D eigenvalue weighted by atomic mass is 9.68. The minimum absolute atomic E-state index is 0.0601. The van der Waals surface area contributed by atoms with Gasteiger partial charge in [0, 0.05) is 19.1 Å². The van der Waals surface area contributed by atoms with Gasteiger partial charge in [-0.05, 0) is 46.1 Å².